The molecule has 98 valence electrons. The van der Waals surface area contributed by atoms with E-state index in [0.29, 0.717) is 0 Å². The van der Waals surface area contributed by atoms with Crippen LogP contribution in [0.2, 0.25) is 0 Å². The fourth-order valence-electron chi connectivity index (χ4n) is 1.91. The molecule has 0 unspecified atom stereocenters. The molecule has 6 heteroatoms. The van der Waals surface area contributed by atoms with Crippen LogP contribution in [0.1, 0.15) is 26.7 Å². The van der Waals surface area contributed by atoms with Gasteiger partial charge in [-0.3, -0.25) is 9.69 Å². The van der Waals surface area contributed by atoms with Crippen molar-refractivity contribution in [3.05, 3.63) is 0 Å². The van der Waals surface area contributed by atoms with Gasteiger partial charge in [0.15, 0.2) is 5.78 Å². The molecule has 1 atom stereocenters. The van der Waals surface area contributed by atoms with E-state index in [2.05, 4.69) is 4.74 Å². The van der Waals surface area contributed by atoms with Crippen LogP contribution < -0.4 is 0 Å². The van der Waals surface area contributed by atoms with Crippen LogP contribution in [0.4, 0.5) is 13.6 Å². The van der Waals surface area contributed by atoms with E-state index in [-0.39, 0.29) is 18.2 Å². The number of hydrogen-bond acceptors (Lipinski definition) is 3. The van der Waals surface area contributed by atoms with E-state index in [1.165, 1.54) is 7.11 Å². The number of alkyl halides is 2. The van der Waals surface area contributed by atoms with Crippen molar-refractivity contribution in [2.24, 2.45) is 5.92 Å². The summed E-state index contributed by atoms with van der Waals surface area (Å²) in [6.07, 6.45) is -1.76. The first kappa shape index (κ1) is 13.9. The van der Waals surface area contributed by atoms with Crippen molar-refractivity contribution in [1.82, 2.24) is 4.90 Å². The van der Waals surface area contributed by atoms with Gasteiger partial charge in [0, 0.05) is 25.3 Å². The molecule has 1 fully saturated rings. The molecule has 4 nitrogen and oxygen atoms in total. The van der Waals surface area contributed by atoms with E-state index < -0.39 is 30.9 Å². The largest absolute Gasteiger partial charge is 0.453 e. The molecule has 17 heavy (non-hydrogen) atoms. The Bertz CT molecular complexity index is 318. The van der Waals surface area contributed by atoms with Crippen molar-refractivity contribution in [2.45, 2.75) is 38.7 Å². The average molecular weight is 249 g/mol. The maximum atomic E-state index is 13.3. The Morgan fingerprint density at radius 1 is 1.41 bits per heavy atom. The van der Waals surface area contributed by atoms with Gasteiger partial charge in [-0.2, -0.15) is 0 Å². The number of ether oxygens (including phenoxy) is 1. The number of Topliss-reactive ketones (excluding diaryl/α,β-unsaturated/α-hetero) is 1. The van der Waals surface area contributed by atoms with Crippen LogP contribution in [0.3, 0.4) is 0 Å². The summed E-state index contributed by atoms with van der Waals surface area (Å²) < 4.78 is 31.1. The first-order valence-electron chi connectivity index (χ1n) is 5.54. The number of likely N-dealkylation sites (tertiary alicyclic amines) is 1. The number of halogens is 2. The minimum Gasteiger partial charge on any atom is -0.453 e. The summed E-state index contributed by atoms with van der Waals surface area (Å²) in [5.74, 6) is -3.63. The number of ketones is 1. The van der Waals surface area contributed by atoms with Gasteiger partial charge in [-0.25, -0.2) is 13.6 Å². The first-order valence-corrected chi connectivity index (χ1v) is 5.54. The molecule has 1 heterocycles. The van der Waals surface area contributed by atoms with E-state index in [4.69, 9.17) is 0 Å². The van der Waals surface area contributed by atoms with Crippen molar-refractivity contribution in [2.75, 3.05) is 13.7 Å². The first-order chi connectivity index (χ1) is 7.78. The summed E-state index contributed by atoms with van der Waals surface area (Å²) in [6.45, 7) is 3.11. The number of amides is 1. The number of hydrogen-bond donors (Lipinski definition) is 0. The van der Waals surface area contributed by atoms with E-state index in [9.17, 15) is 18.4 Å². The number of nitrogens with zero attached hydrogens (tertiary/aromatic N) is 1. The summed E-state index contributed by atoms with van der Waals surface area (Å²) in [7, 11) is 1.17. The van der Waals surface area contributed by atoms with Crippen molar-refractivity contribution < 1.29 is 23.1 Å². The van der Waals surface area contributed by atoms with Crippen molar-refractivity contribution in [1.29, 1.82) is 0 Å². The second kappa shape index (κ2) is 4.98. The van der Waals surface area contributed by atoms with Crippen molar-refractivity contribution in [3.8, 4) is 0 Å². The predicted octanol–water partition coefficient (Wildman–Crippen LogP) is 2.08. The Balaban J connectivity index is 2.90. The lowest BCUT2D eigenvalue weighted by Crippen LogP contribution is -2.54. The van der Waals surface area contributed by atoms with Gasteiger partial charge in [0.1, 0.15) is 0 Å². The number of carbonyl (C=O) groups excluding carboxylic acids is 2. The fraction of sp³-hybridized carbons (Fsp3) is 0.818. The molecule has 1 rings (SSSR count). The van der Waals surface area contributed by atoms with Crippen LogP contribution >= 0.6 is 0 Å². The van der Waals surface area contributed by atoms with Gasteiger partial charge in [0.25, 0.3) is 5.92 Å². The minimum atomic E-state index is -2.89. The van der Waals surface area contributed by atoms with Gasteiger partial charge < -0.3 is 4.74 Å². The third-order valence-electron chi connectivity index (χ3n) is 2.89. The van der Waals surface area contributed by atoms with Crippen LogP contribution in [0.15, 0.2) is 0 Å². The van der Waals surface area contributed by atoms with Crippen LogP contribution in [0.25, 0.3) is 0 Å². The van der Waals surface area contributed by atoms with Gasteiger partial charge in [-0.1, -0.05) is 13.8 Å². The number of methoxy groups -OCH3 is 1. The molecule has 0 spiro atoms. The highest BCUT2D eigenvalue weighted by atomic mass is 19.3. The van der Waals surface area contributed by atoms with Crippen LogP contribution in [-0.4, -0.2) is 42.4 Å². The third kappa shape index (κ3) is 3.14. The molecule has 0 aromatic rings. The predicted molar refractivity (Wildman–Crippen MR) is 56.9 cm³/mol. The molecular weight excluding hydrogens is 232 g/mol. The summed E-state index contributed by atoms with van der Waals surface area (Å²) in [4.78, 5) is 24.4. The minimum absolute atomic E-state index is 0.150. The quantitative estimate of drug-likeness (QED) is 0.752. The molecule has 0 aromatic carbocycles. The lowest BCUT2D eigenvalue weighted by atomic mass is 9.91. The normalized spacial score (nSPS) is 23.6. The van der Waals surface area contributed by atoms with Crippen LogP contribution in [0, 0.1) is 5.92 Å². The summed E-state index contributed by atoms with van der Waals surface area (Å²) in [6, 6.07) is -1.08. The Hall–Kier alpha value is -1.20. The average Bonchev–Trinajstić information content (AvgIpc) is 2.25. The molecule has 0 aromatic heterocycles. The molecule has 0 bridgehead atoms. The van der Waals surface area contributed by atoms with Gasteiger partial charge in [-0.15, -0.1) is 0 Å². The van der Waals surface area contributed by atoms with E-state index in [1.54, 1.807) is 13.8 Å². The topological polar surface area (TPSA) is 46.6 Å². The number of carbonyl (C=O) groups is 2. The highest BCUT2D eigenvalue weighted by Gasteiger charge is 2.45. The molecular formula is C11H17F2NO3. The van der Waals surface area contributed by atoms with E-state index in [0.717, 1.165) is 4.90 Å². The molecule has 1 aliphatic rings. The smallest absolute Gasteiger partial charge is 0.410 e. The van der Waals surface area contributed by atoms with Crippen LogP contribution in [-0.2, 0) is 9.53 Å². The summed E-state index contributed by atoms with van der Waals surface area (Å²) >= 11 is 0. The van der Waals surface area contributed by atoms with Crippen molar-refractivity contribution >= 4 is 11.9 Å². The second-order valence-corrected chi connectivity index (χ2v) is 4.55. The highest BCUT2D eigenvalue weighted by molar-refractivity contribution is 5.89. The molecule has 0 aliphatic carbocycles. The lowest BCUT2D eigenvalue weighted by molar-refractivity contribution is -0.136. The number of rotatable bonds is 2. The Morgan fingerprint density at radius 3 is 2.47 bits per heavy atom. The van der Waals surface area contributed by atoms with Gasteiger partial charge in [-0.05, 0) is 0 Å². The van der Waals surface area contributed by atoms with Crippen LogP contribution in [0.5, 0.6) is 0 Å². The summed E-state index contributed by atoms with van der Waals surface area (Å²) in [5.41, 5.74) is 0. The van der Waals surface area contributed by atoms with Crippen molar-refractivity contribution in [3.63, 3.8) is 0 Å². The summed E-state index contributed by atoms with van der Waals surface area (Å²) in [5, 5.41) is 0. The molecule has 0 radical (unpaired) electrons. The van der Waals surface area contributed by atoms with Gasteiger partial charge in [0.2, 0.25) is 0 Å². The molecule has 0 N–H and O–H groups in total. The van der Waals surface area contributed by atoms with E-state index >= 15 is 0 Å². The zero-order chi connectivity index (χ0) is 13.2. The standard InChI is InChI=1S/C11H17F2NO3/c1-7(2)9(15)8-6-11(12,13)4-5-14(8)10(16)17-3/h7-8H,4-6H2,1-3H3/t8-/m0/s1. The number of piperidine rings is 1. The Morgan fingerprint density at radius 2 is 2.00 bits per heavy atom. The monoisotopic (exact) mass is 249 g/mol. The SMILES string of the molecule is COC(=O)N1CCC(F)(F)C[C@H]1C(=O)C(C)C. The fourth-order valence-corrected chi connectivity index (χ4v) is 1.91. The molecule has 1 aliphatic heterocycles. The Kier molecular flexibility index (Phi) is 4.06. The van der Waals surface area contributed by atoms with Gasteiger partial charge >= 0.3 is 6.09 Å². The molecule has 1 saturated heterocycles. The zero-order valence-corrected chi connectivity index (χ0v) is 10.2. The van der Waals surface area contributed by atoms with Gasteiger partial charge in [0.05, 0.1) is 13.2 Å². The lowest BCUT2D eigenvalue weighted by Gasteiger charge is -2.38. The van der Waals surface area contributed by atoms with E-state index in [1.807, 2.05) is 0 Å². The highest BCUT2D eigenvalue weighted by Crippen LogP contribution is 2.33. The maximum Gasteiger partial charge on any atom is 0.410 e. The molecule has 1 amide bonds. The third-order valence-corrected chi connectivity index (χ3v) is 2.89. The maximum absolute atomic E-state index is 13.3. The second-order valence-electron chi connectivity index (χ2n) is 4.55. The zero-order valence-electron chi connectivity index (χ0n) is 10.2. The Labute approximate surface area is 98.9 Å². The molecule has 0 saturated carbocycles.